The van der Waals surface area contributed by atoms with Gasteiger partial charge in [0.2, 0.25) is 0 Å². The lowest BCUT2D eigenvalue weighted by molar-refractivity contribution is -0.907. The summed E-state index contributed by atoms with van der Waals surface area (Å²) in [4.78, 5) is 0. The second kappa shape index (κ2) is 10.6. The molecule has 0 aromatic heterocycles. The van der Waals surface area contributed by atoms with E-state index >= 15 is 0 Å². The first-order valence-corrected chi connectivity index (χ1v) is 10.5. The van der Waals surface area contributed by atoms with Crippen LogP contribution in [0.1, 0.15) is 19.8 Å². The Morgan fingerprint density at radius 3 is 1.61 bits per heavy atom. The molecule has 0 unspecified atom stereocenters. The smallest absolute Gasteiger partial charge is 0.0801 e. The molecule has 2 rings (SSSR count). The number of benzene rings is 2. The zero-order valence-corrected chi connectivity index (χ0v) is 18.3. The molecule has 0 aliphatic carbocycles. The number of halogens is 2. The second-order valence-corrected chi connectivity index (χ2v) is 8.23. The zero-order chi connectivity index (χ0) is 20.6. The van der Waals surface area contributed by atoms with Gasteiger partial charge < -0.3 is 26.6 Å². The summed E-state index contributed by atoms with van der Waals surface area (Å²) in [7, 11) is 2.32. The Balaban J connectivity index is 1.69. The van der Waals surface area contributed by atoms with Gasteiger partial charge in [-0.3, -0.25) is 0 Å². The van der Waals surface area contributed by atoms with Gasteiger partial charge in [-0.1, -0.05) is 23.2 Å². The largest absolute Gasteiger partial charge is 0.398 e. The van der Waals surface area contributed by atoms with Crippen molar-refractivity contribution in [3.63, 3.8) is 0 Å². The molecule has 154 valence electrons. The van der Waals surface area contributed by atoms with Crippen molar-refractivity contribution in [1.29, 1.82) is 0 Å². The lowest BCUT2D eigenvalue weighted by atomic mass is 10.2. The summed E-state index contributed by atoms with van der Waals surface area (Å²) in [6.45, 7) is 7.44. The van der Waals surface area contributed by atoms with E-state index in [-0.39, 0.29) is 0 Å². The molecule has 0 amide bonds. The highest BCUT2D eigenvalue weighted by molar-refractivity contribution is 6.33. The van der Waals surface area contributed by atoms with E-state index in [9.17, 15) is 0 Å². The summed E-state index contributed by atoms with van der Waals surface area (Å²) in [5, 5.41) is 8.03. The van der Waals surface area contributed by atoms with E-state index in [0.717, 1.165) is 61.4 Å². The maximum atomic E-state index is 6.07. The predicted octanol–water partition coefficient (Wildman–Crippen LogP) is 4.93. The first-order chi connectivity index (χ1) is 13.3. The lowest BCUT2D eigenvalue weighted by Gasteiger charge is -2.33. The van der Waals surface area contributed by atoms with Crippen molar-refractivity contribution in [3.05, 3.63) is 46.4 Å². The molecule has 0 saturated heterocycles. The number of hydrogen-bond acceptors (Lipinski definition) is 4. The third-order valence-corrected chi connectivity index (χ3v) is 5.83. The Kier molecular flexibility index (Phi) is 8.55. The average molecular weight is 425 g/mol. The quantitative estimate of drug-likeness (QED) is 0.234. The SMILES string of the molecule is CC[N+](C)(CCCNc1ccc(N)c(Cl)c1)CCCNc1ccc(N)c(Cl)c1. The molecule has 0 saturated carbocycles. The van der Waals surface area contributed by atoms with Gasteiger partial charge >= 0.3 is 0 Å². The Bertz CT molecular complexity index is 707. The summed E-state index contributed by atoms with van der Waals surface area (Å²) in [5.41, 5.74) is 14.7. The highest BCUT2D eigenvalue weighted by Gasteiger charge is 2.18. The number of rotatable bonds is 11. The highest BCUT2D eigenvalue weighted by atomic mass is 35.5. The Labute approximate surface area is 178 Å². The maximum Gasteiger partial charge on any atom is 0.0801 e. The van der Waals surface area contributed by atoms with Crippen molar-refractivity contribution in [1.82, 2.24) is 0 Å². The molecule has 2 aromatic carbocycles. The molecule has 0 atom stereocenters. The fraction of sp³-hybridized carbons (Fsp3) is 0.429. The first kappa shape index (κ1) is 22.5. The molecule has 0 heterocycles. The van der Waals surface area contributed by atoms with Gasteiger partial charge in [0.15, 0.2) is 0 Å². The number of hydrogen-bond donors (Lipinski definition) is 4. The van der Waals surface area contributed by atoms with Crippen molar-refractivity contribution in [2.45, 2.75) is 19.8 Å². The summed E-state index contributed by atoms with van der Waals surface area (Å²) < 4.78 is 1.05. The topological polar surface area (TPSA) is 76.1 Å². The highest BCUT2D eigenvalue weighted by Crippen LogP contribution is 2.23. The molecular weight excluding hydrogens is 393 g/mol. The number of anilines is 4. The molecule has 0 radical (unpaired) electrons. The number of quaternary nitrogens is 1. The monoisotopic (exact) mass is 424 g/mol. The van der Waals surface area contributed by atoms with Gasteiger partial charge in [0.05, 0.1) is 48.1 Å². The summed E-state index contributed by atoms with van der Waals surface area (Å²) in [6.07, 6.45) is 2.18. The molecule has 0 fully saturated rings. The van der Waals surface area contributed by atoms with E-state index < -0.39 is 0 Å². The zero-order valence-electron chi connectivity index (χ0n) is 16.8. The number of nitrogen functional groups attached to an aromatic ring is 2. The minimum atomic E-state index is 0.592. The van der Waals surface area contributed by atoms with E-state index in [1.165, 1.54) is 0 Å². The molecule has 0 aliphatic heterocycles. The minimum Gasteiger partial charge on any atom is -0.398 e. The third kappa shape index (κ3) is 6.97. The lowest BCUT2D eigenvalue weighted by Crippen LogP contribution is -2.46. The molecule has 0 bridgehead atoms. The molecule has 0 aliphatic rings. The Hall–Kier alpha value is -1.82. The van der Waals surface area contributed by atoms with Crippen LogP contribution in [0, 0.1) is 0 Å². The molecule has 7 heteroatoms. The Morgan fingerprint density at radius 1 is 0.821 bits per heavy atom. The molecule has 2 aromatic rings. The number of nitrogens with one attached hydrogen (secondary N) is 2. The van der Waals surface area contributed by atoms with E-state index in [4.69, 9.17) is 34.7 Å². The van der Waals surface area contributed by atoms with Crippen molar-refractivity contribution in [2.75, 3.05) is 61.9 Å². The predicted molar refractivity (Wildman–Crippen MR) is 124 cm³/mol. The molecule has 6 N–H and O–H groups in total. The fourth-order valence-corrected chi connectivity index (χ4v) is 3.45. The van der Waals surface area contributed by atoms with E-state index in [1.807, 2.05) is 36.4 Å². The van der Waals surface area contributed by atoms with Crippen LogP contribution in [-0.2, 0) is 0 Å². The molecule has 28 heavy (non-hydrogen) atoms. The van der Waals surface area contributed by atoms with Crippen LogP contribution in [0.25, 0.3) is 0 Å². The fourth-order valence-electron chi connectivity index (χ4n) is 3.09. The van der Waals surface area contributed by atoms with Crippen LogP contribution in [0.4, 0.5) is 22.7 Å². The standard InChI is InChI=1S/C21H32Cl2N5/c1-3-28(2,12-4-10-26-16-6-8-20(24)18(22)14-16)13-5-11-27-17-7-9-21(25)19(23)15-17/h6-9,14-15,26-27H,3-5,10-13,24-25H2,1-2H3/q+1. The second-order valence-electron chi connectivity index (χ2n) is 7.42. The third-order valence-electron chi connectivity index (χ3n) is 5.17. The van der Waals surface area contributed by atoms with Gasteiger partial charge in [-0.2, -0.15) is 0 Å². The van der Waals surface area contributed by atoms with Crippen LogP contribution in [0.15, 0.2) is 36.4 Å². The molecular formula is C21H32Cl2N5+. The van der Waals surface area contributed by atoms with Gasteiger partial charge in [0, 0.05) is 37.3 Å². The summed E-state index contributed by atoms with van der Waals surface area (Å²) in [6, 6.07) is 11.3. The van der Waals surface area contributed by atoms with Crippen molar-refractivity contribution >= 4 is 46.0 Å². The van der Waals surface area contributed by atoms with Crippen molar-refractivity contribution in [2.24, 2.45) is 0 Å². The van der Waals surface area contributed by atoms with E-state index in [1.54, 1.807) is 0 Å². The normalized spacial score (nSPS) is 11.4. The number of nitrogens with two attached hydrogens (primary N) is 2. The summed E-state index contributed by atoms with van der Waals surface area (Å²) >= 11 is 12.1. The van der Waals surface area contributed by atoms with E-state index in [2.05, 4.69) is 24.6 Å². The Morgan fingerprint density at radius 2 is 1.25 bits per heavy atom. The average Bonchev–Trinajstić information content (AvgIpc) is 2.68. The number of nitrogens with zero attached hydrogens (tertiary/aromatic N) is 1. The van der Waals surface area contributed by atoms with Crippen LogP contribution in [-0.4, -0.2) is 44.3 Å². The van der Waals surface area contributed by atoms with E-state index in [0.29, 0.717) is 21.4 Å². The van der Waals surface area contributed by atoms with Gasteiger partial charge in [-0.15, -0.1) is 0 Å². The first-order valence-electron chi connectivity index (χ1n) is 9.74. The van der Waals surface area contributed by atoms with Gasteiger partial charge in [-0.25, -0.2) is 0 Å². The van der Waals surface area contributed by atoms with Crippen LogP contribution in [0.2, 0.25) is 10.0 Å². The van der Waals surface area contributed by atoms with Crippen LogP contribution in [0.3, 0.4) is 0 Å². The van der Waals surface area contributed by atoms with Crippen LogP contribution < -0.4 is 22.1 Å². The molecule has 5 nitrogen and oxygen atoms in total. The van der Waals surface area contributed by atoms with Gasteiger partial charge in [0.25, 0.3) is 0 Å². The van der Waals surface area contributed by atoms with Gasteiger partial charge in [-0.05, 0) is 43.3 Å². The molecule has 0 spiro atoms. The van der Waals surface area contributed by atoms with Crippen LogP contribution >= 0.6 is 23.2 Å². The van der Waals surface area contributed by atoms with Crippen molar-refractivity contribution in [3.8, 4) is 0 Å². The summed E-state index contributed by atoms with van der Waals surface area (Å²) in [5.74, 6) is 0. The van der Waals surface area contributed by atoms with Crippen LogP contribution in [0.5, 0.6) is 0 Å². The van der Waals surface area contributed by atoms with Crippen molar-refractivity contribution < 1.29 is 4.48 Å². The maximum absolute atomic E-state index is 6.07. The minimum absolute atomic E-state index is 0.592. The van der Waals surface area contributed by atoms with Gasteiger partial charge in [0.1, 0.15) is 0 Å².